The minimum absolute atomic E-state index is 0.261. The second-order valence-corrected chi connectivity index (χ2v) is 6.76. The third-order valence-electron chi connectivity index (χ3n) is 3.78. The minimum Gasteiger partial charge on any atom is -0.492 e. The summed E-state index contributed by atoms with van der Waals surface area (Å²) in [4.78, 5) is 12.5. The van der Waals surface area contributed by atoms with Gasteiger partial charge in [0.05, 0.1) is 12.2 Å². The summed E-state index contributed by atoms with van der Waals surface area (Å²) in [5.41, 5.74) is 3.61. The molecule has 5 heteroatoms. The van der Waals surface area contributed by atoms with E-state index in [1.165, 1.54) is 0 Å². The third-order valence-corrected chi connectivity index (χ3v) is 3.99. The fourth-order valence-electron chi connectivity index (χ4n) is 2.25. The quantitative estimate of drug-likeness (QED) is 0.777. The van der Waals surface area contributed by atoms with Crippen molar-refractivity contribution in [3.63, 3.8) is 0 Å². The molecular formula is C20H24N2O2S. The molecule has 4 nitrogen and oxygen atoms in total. The highest BCUT2D eigenvalue weighted by Crippen LogP contribution is 2.20. The molecule has 0 saturated carbocycles. The van der Waals surface area contributed by atoms with Gasteiger partial charge in [0, 0.05) is 5.69 Å². The summed E-state index contributed by atoms with van der Waals surface area (Å²) in [6.45, 7) is 8.72. The van der Waals surface area contributed by atoms with Gasteiger partial charge in [-0.25, -0.2) is 0 Å². The number of anilines is 1. The Morgan fingerprint density at radius 1 is 1.12 bits per heavy atom. The lowest BCUT2D eigenvalue weighted by molar-refractivity contribution is 0.0973. The zero-order chi connectivity index (χ0) is 18.4. The zero-order valence-corrected chi connectivity index (χ0v) is 15.9. The van der Waals surface area contributed by atoms with E-state index in [1.54, 1.807) is 18.2 Å². The normalized spacial score (nSPS) is 10.4. The molecule has 0 aliphatic carbocycles. The molecule has 2 aromatic rings. The van der Waals surface area contributed by atoms with Gasteiger partial charge in [0.2, 0.25) is 0 Å². The first-order valence-electron chi connectivity index (χ1n) is 8.29. The molecule has 0 radical (unpaired) electrons. The summed E-state index contributed by atoms with van der Waals surface area (Å²) in [7, 11) is 0. The van der Waals surface area contributed by atoms with E-state index in [1.807, 2.05) is 38.1 Å². The van der Waals surface area contributed by atoms with Crippen molar-refractivity contribution in [3.05, 3.63) is 59.2 Å². The van der Waals surface area contributed by atoms with E-state index in [4.69, 9.17) is 17.0 Å². The molecule has 2 rings (SSSR count). The van der Waals surface area contributed by atoms with Gasteiger partial charge in [0.25, 0.3) is 5.91 Å². The van der Waals surface area contributed by atoms with E-state index in [0.717, 1.165) is 16.8 Å². The van der Waals surface area contributed by atoms with E-state index >= 15 is 0 Å². The third kappa shape index (κ3) is 5.29. The van der Waals surface area contributed by atoms with Crippen LogP contribution in [-0.2, 0) is 0 Å². The van der Waals surface area contributed by atoms with Gasteiger partial charge >= 0.3 is 0 Å². The number of nitrogens with one attached hydrogen (secondary N) is 2. The topological polar surface area (TPSA) is 50.4 Å². The predicted molar refractivity (Wildman–Crippen MR) is 106 cm³/mol. The number of hydrogen-bond acceptors (Lipinski definition) is 3. The van der Waals surface area contributed by atoms with Crippen LogP contribution in [0.25, 0.3) is 0 Å². The van der Waals surface area contributed by atoms with Crippen LogP contribution in [0, 0.1) is 19.8 Å². The largest absolute Gasteiger partial charge is 0.492 e. The first kappa shape index (κ1) is 18.9. The number of aryl methyl sites for hydroxylation is 1. The molecule has 0 bridgehead atoms. The number of benzene rings is 2. The highest BCUT2D eigenvalue weighted by molar-refractivity contribution is 7.80. The van der Waals surface area contributed by atoms with E-state index in [-0.39, 0.29) is 11.0 Å². The Morgan fingerprint density at radius 2 is 1.84 bits per heavy atom. The Bertz CT molecular complexity index is 772. The second kappa shape index (κ2) is 8.62. The minimum atomic E-state index is -0.290. The molecule has 132 valence electrons. The predicted octanol–water partition coefficient (Wildman–Crippen LogP) is 4.47. The van der Waals surface area contributed by atoms with Crippen LogP contribution in [-0.4, -0.2) is 17.6 Å². The molecule has 25 heavy (non-hydrogen) atoms. The van der Waals surface area contributed by atoms with Crippen molar-refractivity contribution in [2.24, 2.45) is 5.92 Å². The smallest absolute Gasteiger partial charge is 0.261 e. The number of thiocarbonyl (C=S) groups is 1. The van der Waals surface area contributed by atoms with Gasteiger partial charge in [0.15, 0.2) is 5.11 Å². The van der Waals surface area contributed by atoms with Gasteiger partial charge in [-0.1, -0.05) is 38.1 Å². The summed E-state index contributed by atoms with van der Waals surface area (Å²) in [6, 6.07) is 13.1. The Balaban J connectivity index is 2.06. The molecule has 0 fully saturated rings. The maximum Gasteiger partial charge on any atom is 0.261 e. The molecular weight excluding hydrogens is 332 g/mol. The van der Waals surface area contributed by atoms with Crippen molar-refractivity contribution >= 4 is 28.9 Å². The zero-order valence-electron chi connectivity index (χ0n) is 15.1. The summed E-state index contributed by atoms with van der Waals surface area (Å²) in [5.74, 6) is 0.647. The second-order valence-electron chi connectivity index (χ2n) is 6.36. The number of para-hydroxylation sites is 1. The van der Waals surface area contributed by atoms with E-state index in [9.17, 15) is 4.79 Å². The summed E-state index contributed by atoms with van der Waals surface area (Å²) in [6.07, 6.45) is 0. The summed E-state index contributed by atoms with van der Waals surface area (Å²) in [5, 5.41) is 6.06. The van der Waals surface area contributed by atoms with E-state index in [0.29, 0.717) is 23.8 Å². The molecule has 0 atom stereocenters. The van der Waals surface area contributed by atoms with E-state index < -0.39 is 0 Å². The van der Waals surface area contributed by atoms with Gasteiger partial charge in [-0.3, -0.25) is 10.1 Å². The number of amides is 1. The van der Waals surface area contributed by atoms with Gasteiger partial charge in [-0.15, -0.1) is 0 Å². The Hall–Kier alpha value is -2.40. The molecule has 0 heterocycles. The number of ether oxygens (including phenoxy) is 1. The van der Waals surface area contributed by atoms with Crippen LogP contribution in [0.3, 0.4) is 0 Å². The van der Waals surface area contributed by atoms with Crippen LogP contribution >= 0.6 is 12.2 Å². The van der Waals surface area contributed by atoms with Crippen LogP contribution in [0.4, 0.5) is 5.69 Å². The van der Waals surface area contributed by atoms with Crippen LogP contribution in [0.2, 0.25) is 0 Å². The number of hydrogen-bond donors (Lipinski definition) is 2. The van der Waals surface area contributed by atoms with E-state index in [2.05, 4.69) is 24.5 Å². The summed E-state index contributed by atoms with van der Waals surface area (Å²) < 4.78 is 5.73. The highest BCUT2D eigenvalue weighted by Gasteiger charge is 2.14. The number of rotatable bonds is 5. The summed E-state index contributed by atoms with van der Waals surface area (Å²) >= 11 is 5.28. The van der Waals surface area contributed by atoms with Crippen molar-refractivity contribution in [2.75, 3.05) is 11.9 Å². The molecule has 0 aliphatic heterocycles. The molecule has 0 aliphatic rings. The Kier molecular flexibility index (Phi) is 6.53. The van der Waals surface area contributed by atoms with Crippen LogP contribution in [0.1, 0.15) is 35.3 Å². The van der Waals surface area contributed by atoms with Crippen LogP contribution in [0.5, 0.6) is 5.75 Å². The van der Waals surface area contributed by atoms with Gasteiger partial charge in [-0.05, 0) is 61.3 Å². The van der Waals surface area contributed by atoms with Crippen molar-refractivity contribution in [3.8, 4) is 5.75 Å². The molecule has 2 aromatic carbocycles. The molecule has 0 unspecified atom stereocenters. The first-order valence-corrected chi connectivity index (χ1v) is 8.69. The fraction of sp³-hybridized carbons (Fsp3) is 0.300. The fourth-order valence-corrected chi connectivity index (χ4v) is 2.45. The van der Waals surface area contributed by atoms with Crippen molar-refractivity contribution in [1.82, 2.24) is 5.32 Å². The standard InChI is InChI=1S/C20H24N2O2S/c1-13(2)12-24-18-11-6-5-9-16(18)19(23)22-20(25)21-17-10-7-8-14(3)15(17)4/h5-11,13H,12H2,1-4H3,(H2,21,22,23,25). The first-order chi connectivity index (χ1) is 11.9. The van der Waals surface area contributed by atoms with Gasteiger partial charge < -0.3 is 10.1 Å². The lowest BCUT2D eigenvalue weighted by Gasteiger charge is -2.15. The van der Waals surface area contributed by atoms with Gasteiger partial charge in [0.1, 0.15) is 5.75 Å². The average Bonchev–Trinajstić information content (AvgIpc) is 2.57. The number of carbonyl (C=O) groups excluding carboxylic acids is 1. The maximum absolute atomic E-state index is 12.5. The molecule has 0 saturated heterocycles. The maximum atomic E-state index is 12.5. The SMILES string of the molecule is Cc1cccc(NC(=S)NC(=O)c2ccccc2OCC(C)C)c1C. The Labute approximate surface area is 154 Å². The van der Waals surface area contributed by atoms with Crippen LogP contribution in [0.15, 0.2) is 42.5 Å². The molecule has 0 aromatic heterocycles. The molecule has 2 N–H and O–H groups in total. The average molecular weight is 356 g/mol. The molecule has 0 spiro atoms. The molecule has 1 amide bonds. The van der Waals surface area contributed by atoms with Crippen LogP contribution < -0.4 is 15.4 Å². The monoisotopic (exact) mass is 356 g/mol. The van der Waals surface area contributed by atoms with Crippen molar-refractivity contribution in [2.45, 2.75) is 27.7 Å². The van der Waals surface area contributed by atoms with Crippen molar-refractivity contribution in [1.29, 1.82) is 0 Å². The van der Waals surface area contributed by atoms with Gasteiger partial charge in [-0.2, -0.15) is 0 Å². The Morgan fingerprint density at radius 3 is 2.56 bits per heavy atom. The number of carbonyl (C=O) groups is 1. The highest BCUT2D eigenvalue weighted by atomic mass is 32.1. The lowest BCUT2D eigenvalue weighted by Crippen LogP contribution is -2.34. The van der Waals surface area contributed by atoms with Crippen molar-refractivity contribution < 1.29 is 9.53 Å². The lowest BCUT2D eigenvalue weighted by atomic mass is 10.1.